The van der Waals surface area contributed by atoms with Crippen LogP contribution in [0.2, 0.25) is 0 Å². The highest BCUT2D eigenvalue weighted by Crippen LogP contribution is 2.25. The summed E-state index contributed by atoms with van der Waals surface area (Å²) in [5, 5.41) is 3.69. The SMILES string of the molecule is Cc1nccc(-c2cccc(NS(=O)(=O)c3c(C)noc3C)c2)n1. The molecule has 0 aliphatic carbocycles. The number of hydrogen-bond acceptors (Lipinski definition) is 6. The van der Waals surface area contributed by atoms with E-state index in [9.17, 15) is 8.42 Å². The van der Waals surface area contributed by atoms with Crippen LogP contribution in [0.4, 0.5) is 5.69 Å². The lowest BCUT2D eigenvalue weighted by atomic mass is 10.1. The highest BCUT2D eigenvalue weighted by molar-refractivity contribution is 7.92. The van der Waals surface area contributed by atoms with Gasteiger partial charge in [0.15, 0.2) is 10.7 Å². The molecule has 8 heteroatoms. The minimum Gasteiger partial charge on any atom is -0.360 e. The third-order valence-corrected chi connectivity index (χ3v) is 5.05. The second kappa shape index (κ2) is 6.04. The first-order valence-electron chi connectivity index (χ1n) is 7.22. The summed E-state index contributed by atoms with van der Waals surface area (Å²) in [6, 6.07) is 8.78. The Balaban J connectivity index is 1.96. The van der Waals surface area contributed by atoms with E-state index in [1.807, 2.05) is 6.07 Å². The molecule has 7 nitrogen and oxygen atoms in total. The van der Waals surface area contributed by atoms with Gasteiger partial charge < -0.3 is 4.52 Å². The fourth-order valence-corrected chi connectivity index (χ4v) is 3.80. The molecule has 0 saturated carbocycles. The Kier molecular flexibility index (Phi) is 4.06. The van der Waals surface area contributed by atoms with Gasteiger partial charge in [-0.2, -0.15) is 0 Å². The predicted molar refractivity (Wildman–Crippen MR) is 89.0 cm³/mol. The van der Waals surface area contributed by atoms with E-state index in [0.29, 0.717) is 17.2 Å². The highest BCUT2D eigenvalue weighted by atomic mass is 32.2. The molecule has 2 heterocycles. The molecule has 2 aromatic heterocycles. The lowest BCUT2D eigenvalue weighted by molar-refractivity contribution is 0.390. The van der Waals surface area contributed by atoms with Gasteiger partial charge >= 0.3 is 0 Å². The number of aryl methyl sites for hydroxylation is 3. The van der Waals surface area contributed by atoms with Crippen molar-refractivity contribution in [1.82, 2.24) is 15.1 Å². The first-order valence-corrected chi connectivity index (χ1v) is 8.71. The molecule has 0 amide bonds. The van der Waals surface area contributed by atoms with Gasteiger partial charge in [0, 0.05) is 17.4 Å². The Morgan fingerprint density at radius 1 is 1.12 bits per heavy atom. The standard InChI is InChI=1S/C16H16N4O3S/c1-10-16(11(2)23-19-10)24(21,22)20-14-6-4-5-13(9-14)15-7-8-17-12(3)18-15/h4-9,20H,1-3H3. The first-order chi connectivity index (χ1) is 11.4. The van der Waals surface area contributed by atoms with Crippen molar-refractivity contribution in [2.75, 3.05) is 4.72 Å². The number of anilines is 1. The normalized spacial score (nSPS) is 11.5. The van der Waals surface area contributed by atoms with Crippen molar-refractivity contribution in [1.29, 1.82) is 0 Å². The Morgan fingerprint density at radius 2 is 1.92 bits per heavy atom. The summed E-state index contributed by atoms with van der Waals surface area (Å²) in [5.41, 5.74) is 2.27. The van der Waals surface area contributed by atoms with E-state index in [2.05, 4.69) is 19.8 Å². The van der Waals surface area contributed by atoms with Crippen molar-refractivity contribution in [2.24, 2.45) is 0 Å². The van der Waals surface area contributed by atoms with Crippen LogP contribution in [0.25, 0.3) is 11.3 Å². The molecule has 0 unspecified atom stereocenters. The molecule has 1 N–H and O–H groups in total. The quantitative estimate of drug-likeness (QED) is 0.781. The van der Waals surface area contributed by atoms with Crippen LogP contribution in [0.1, 0.15) is 17.3 Å². The molecule has 0 radical (unpaired) electrons. The zero-order chi connectivity index (χ0) is 17.3. The fraction of sp³-hybridized carbons (Fsp3) is 0.188. The Bertz CT molecular complexity index is 977. The van der Waals surface area contributed by atoms with Gasteiger partial charge in [-0.05, 0) is 39.0 Å². The predicted octanol–water partition coefficient (Wildman–Crippen LogP) is 2.86. The fourth-order valence-electron chi connectivity index (χ4n) is 2.42. The molecule has 3 rings (SSSR count). The second-order valence-electron chi connectivity index (χ2n) is 5.33. The number of sulfonamides is 1. The third kappa shape index (κ3) is 3.13. The second-order valence-corrected chi connectivity index (χ2v) is 6.95. The first kappa shape index (κ1) is 16.1. The summed E-state index contributed by atoms with van der Waals surface area (Å²) >= 11 is 0. The van der Waals surface area contributed by atoms with Crippen LogP contribution < -0.4 is 4.72 Å². The largest absolute Gasteiger partial charge is 0.360 e. The minimum atomic E-state index is -3.78. The van der Waals surface area contributed by atoms with Gasteiger partial charge in [-0.25, -0.2) is 18.4 Å². The van der Waals surface area contributed by atoms with E-state index in [1.165, 1.54) is 0 Å². The summed E-state index contributed by atoms with van der Waals surface area (Å²) in [6.45, 7) is 4.95. The topological polar surface area (TPSA) is 98.0 Å². The molecule has 1 aromatic carbocycles. The van der Waals surface area contributed by atoms with Crippen molar-refractivity contribution in [3.8, 4) is 11.3 Å². The summed E-state index contributed by atoms with van der Waals surface area (Å²) in [4.78, 5) is 8.47. The highest BCUT2D eigenvalue weighted by Gasteiger charge is 2.24. The van der Waals surface area contributed by atoms with E-state index >= 15 is 0 Å². The van der Waals surface area contributed by atoms with Gasteiger partial charge in [0.05, 0.1) is 5.69 Å². The number of hydrogen-bond donors (Lipinski definition) is 1. The number of nitrogens with zero attached hydrogens (tertiary/aromatic N) is 3. The molecule has 0 bridgehead atoms. The van der Waals surface area contributed by atoms with Crippen LogP contribution in [-0.4, -0.2) is 23.5 Å². The van der Waals surface area contributed by atoms with Gasteiger partial charge in [0.25, 0.3) is 10.0 Å². The molecule has 0 aliphatic rings. The molecular formula is C16H16N4O3S. The molecule has 0 spiro atoms. The van der Waals surface area contributed by atoms with Gasteiger partial charge in [-0.15, -0.1) is 0 Å². The van der Waals surface area contributed by atoms with Gasteiger partial charge in [0.1, 0.15) is 11.5 Å². The Labute approximate surface area is 139 Å². The van der Waals surface area contributed by atoms with Crippen LogP contribution in [0.15, 0.2) is 45.9 Å². The minimum absolute atomic E-state index is 0.0609. The van der Waals surface area contributed by atoms with Crippen LogP contribution in [-0.2, 0) is 10.0 Å². The lowest BCUT2D eigenvalue weighted by Gasteiger charge is -2.09. The number of benzene rings is 1. The molecular weight excluding hydrogens is 328 g/mol. The molecule has 0 atom stereocenters. The molecule has 0 aliphatic heterocycles. The van der Waals surface area contributed by atoms with Crippen LogP contribution in [0.5, 0.6) is 0 Å². The summed E-state index contributed by atoms with van der Waals surface area (Å²) < 4.78 is 32.6. The monoisotopic (exact) mass is 344 g/mol. The van der Waals surface area contributed by atoms with Crippen LogP contribution >= 0.6 is 0 Å². The Hall–Kier alpha value is -2.74. The van der Waals surface area contributed by atoms with Crippen molar-refractivity contribution in [3.05, 3.63) is 53.8 Å². The molecule has 0 fully saturated rings. The molecule has 24 heavy (non-hydrogen) atoms. The third-order valence-electron chi connectivity index (χ3n) is 3.42. The number of rotatable bonds is 4. The number of nitrogens with one attached hydrogen (secondary N) is 1. The van der Waals surface area contributed by atoms with Crippen LogP contribution in [0, 0.1) is 20.8 Å². The lowest BCUT2D eigenvalue weighted by Crippen LogP contribution is -2.14. The van der Waals surface area contributed by atoms with Crippen molar-refractivity contribution >= 4 is 15.7 Å². The smallest absolute Gasteiger partial charge is 0.267 e. The zero-order valence-electron chi connectivity index (χ0n) is 13.4. The van der Waals surface area contributed by atoms with Crippen molar-refractivity contribution in [2.45, 2.75) is 25.7 Å². The zero-order valence-corrected chi connectivity index (χ0v) is 14.3. The summed E-state index contributed by atoms with van der Waals surface area (Å²) in [6.07, 6.45) is 1.67. The van der Waals surface area contributed by atoms with Gasteiger partial charge in [0.2, 0.25) is 0 Å². The van der Waals surface area contributed by atoms with E-state index in [-0.39, 0.29) is 10.7 Å². The molecule has 0 saturated heterocycles. The van der Waals surface area contributed by atoms with E-state index in [1.54, 1.807) is 51.2 Å². The molecule has 3 aromatic rings. The van der Waals surface area contributed by atoms with E-state index in [0.717, 1.165) is 11.3 Å². The average Bonchev–Trinajstić information content (AvgIpc) is 2.87. The maximum atomic E-state index is 12.6. The van der Waals surface area contributed by atoms with Crippen molar-refractivity contribution < 1.29 is 12.9 Å². The van der Waals surface area contributed by atoms with E-state index in [4.69, 9.17) is 4.52 Å². The maximum absolute atomic E-state index is 12.6. The van der Waals surface area contributed by atoms with Gasteiger partial charge in [-0.1, -0.05) is 17.3 Å². The average molecular weight is 344 g/mol. The van der Waals surface area contributed by atoms with Crippen molar-refractivity contribution in [3.63, 3.8) is 0 Å². The summed E-state index contributed by atoms with van der Waals surface area (Å²) in [5.74, 6) is 0.900. The Morgan fingerprint density at radius 3 is 2.58 bits per heavy atom. The summed E-state index contributed by atoms with van der Waals surface area (Å²) in [7, 11) is -3.78. The van der Waals surface area contributed by atoms with Gasteiger partial charge in [-0.3, -0.25) is 4.72 Å². The number of aromatic nitrogens is 3. The molecule has 124 valence electrons. The van der Waals surface area contributed by atoms with E-state index < -0.39 is 10.0 Å². The van der Waals surface area contributed by atoms with Crippen LogP contribution in [0.3, 0.4) is 0 Å². The maximum Gasteiger partial charge on any atom is 0.267 e.